The van der Waals surface area contributed by atoms with E-state index in [2.05, 4.69) is 4.74 Å². The largest absolute Gasteiger partial charge is 0.458 e. The molecule has 0 saturated heterocycles. The van der Waals surface area contributed by atoms with E-state index in [1.165, 1.54) is 13.4 Å². The maximum Gasteiger partial charge on any atom is 0.418 e. The first-order chi connectivity index (χ1) is 7.65. The predicted octanol–water partition coefficient (Wildman–Crippen LogP) is 0.401. The molecule has 0 N–H and O–H groups in total. The van der Waals surface area contributed by atoms with E-state index >= 15 is 0 Å². The lowest BCUT2D eigenvalue weighted by atomic mass is 10.4. The molecule has 0 rings (SSSR count). The Hall–Kier alpha value is -1.14. The second kappa shape index (κ2) is 9.11. The number of esters is 1. The Bertz CT molecular complexity index is 199. The summed E-state index contributed by atoms with van der Waals surface area (Å²) in [6, 6.07) is 0. The molecule has 0 spiro atoms. The Balaban J connectivity index is 3.89. The third-order valence-corrected chi connectivity index (χ3v) is 1.62. The number of rotatable bonds is 9. The van der Waals surface area contributed by atoms with Gasteiger partial charge in [0.05, 0.1) is 0 Å². The zero-order chi connectivity index (χ0) is 12.4. The Kier molecular flexibility index (Phi) is 8.46. The van der Waals surface area contributed by atoms with Crippen LogP contribution >= 0.6 is 0 Å². The van der Waals surface area contributed by atoms with E-state index in [0.29, 0.717) is 13.2 Å². The van der Waals surface area contributed by atoms with Crippen LogP contribution in [0.3, 0.4) is 0 Å². The molecule has 1 unspecified atom stereocenters. The van der Waals surface area contributed by atoms with Gasteiger partial charge in [-0.15, -0.1) is 0 Å². The van der Waals surface area contributed by atoms with Crippen molar-refractivity contribution < 1.29 is 28.5 Å². The highest BCUT2D eigenvalue weighted by Crippen LogP contribution is 1.99. The molecular weight excluding hydrogens is 216 g/mol. The van der Waals surface area contributed by atoms with Crippen LogP contribution in [0.15, 0.2) is 0 Å². The van der Waals surface area contributed by atoms with Gasteiger partial charge in [0, 0.05) is 13.2 Å². The molecule has 0 aromatic carbocycles. The average molecular weight is 233 g/mol. The van der Waals surface area contributed by atoms with Gasteiger partial charge >= 0.3 is 12.4 Å². The molecule has 6 heteroatoms. The Morgan fingerprint density at radius 1 is 1.25 bits per heavy atom. The van der Waals surface area contributed by atoms with Crippen LogP contribution in [-0.4, -0.2) is 44.7 Å². The molecule has 6 nitrogen and oxygen atoms in total. The van der Waals surface area contributed by atoms with Crippen molar-refractivity contribution in [3.8, 4) is 0 Å². The van der Waals surface area contributed by atoms with Gasteiger partial charge in [0.15, 0.2) is 12.4 Å². The van der Waals surface area contributed by atoms with Crippen molar-refractivity contribution >= 4 is 12.4 Å². The zero-order valence-corrected chi connectivity index (χ0v) is 9.73. The molecule has 0 amide bonds. The Labute approximate surface area is 94.8 Å². The minimum absolute atomic E-state index is 0.0347. The summed E-state index contributed by atoms with van der Waals surface area (Å²) in [5.41, 5.74) is 0. The molecular formula is C10H17O6. The van der Waals surface area contributed by atoms with Crippen molar-refractivity contribution in [2.75, 3.05) is 19.8 Å². The second-order valence-corrected chi connectivity index (χ2v) is 2.81. The standard InChI is InChI=1S/C10H17O6/c1-4-13-9(14-5-2)6-15-10(12)8(3)16-7-11/h8-9H,4-6H2,1-3H3. The molecule has 0 aliphatic rings. The van der Waals surface area contributed by atoms with Gasteiger partial charge in [-0.3, -0.25) is 0 Å². The second-order valence-electron chi connectivity index (χ2n) is 2.81. The number of ether oxygens (including phenoxy) is 4. The Morgan fingerprint density at radius 3 is 2.25 bits per heavy atom. The van der Waals surface area contributed by atoms with Crippen LogP contribution in [0.25, 0.3) is 0 Å². The molecule has 93 valence electrons. The third-order valence-electron chi connectivity index (χ3n) is 1.62. The quantitative estimate of drug-likeness (QED) is 0.424. The highest BCUT2D eigenvalue weighted by Gasteiger charge is 2.18. The lowest BCUT2D eigenvalue weighted by molar-refractivity contribution is -0.184. The van der Waals surface area contributed by atoms with E-state index in [-0.39, 0.29) is 6.61 Å². The van der Waals surface area contributed by atoms with Crippen molar-refractivity contribution in [1.29, 1.82) is 0 Å². The first-order valence-corrected chi connectivity index (χ1v) is 5.08. The van der Waals surface area contributed by atoms with Crippen LogP contribution in [-0.2, 0) is 28.5 Å². The summed E-state index contributed by atoms with van der Waals surface area (Å²) < 4.78 is 19.4. The molecule has 0 aliphatic heterocycles. The van der Waals surface area contributed by atoms with Crippen molar-refractivity contribution in [3.05, 3.63) is 0 Å². The number of hydrogen-bond donors (Lipinski definition) is 0. The van der Waals surface area contributed by atoms with Crippen LogP contribution in [0.5, 0.6) is 0 Å². The molecule has 0 fully saturated rings. The molecule has 16 heavy (non-hydrogen) atoms. The normalized spacial score (nSPS) is 12.2. The molecule has 0 aromatic rings. The third kappa shape index (κ3) is 6.36. The summed E-state index contributed by atoms with van der Waals surface area (Å²) in [5, 5.41) is 0. The zero-order valence-electron chi connectivity index (χ0n) is 9.73. The SMILES string of the molecule is CCOC(COC(=O)C(C)O[C]=O)OCC. The molecule has 1 atom stereocenters. The van der Waals surface area contributed by atoms with Gasteiger partial charge < -0.3 is 18.9 Å². The highest BCUT2D eigenvalue weighted by atomic mass is 16.7. The van der Waals surface area contributed by atoms with E-state index in [0.717, 1.165) is 0 Å². The average Bonchev–Trinajstić information content (AvgIpc) is 2.26. The predicted molar refractivity (Wildman–Crippen MR) is 54.2 cm³/mol. The molecule has 0 aliphatic carbocycles. The van der Waals surface area contributed by atoms with Crippen molar-refractivity contribution in [3.63, 3.8) is 0 Å². The summed E-state index contributed by atoms with van der Waals surface area (Å²) in [6.07, 6.45) is -1.56. The smallest absolute Gasteiger partial charge is 0.418 e. The first-order valence-electron chi connectivity index (χ1n) is 5.08. The summed E-state index contributed by atoms with van der Waals surface area (Å²) in [5.74, 6) is -0.659. The molecule has 0 saturated carbocycles. The maximum absolute atomic E-state index is 11.2. The van der Waals surface area contributed by atoms with E-state index in [1.54, 1.807) is 13.8 Å². The molecule has 0 aromatic heterocycles. The lowest BCUT2D eigenvalue weighted by Gasteiger charge is -2.17. The van der Waals surface area contributed by atoms with Crippen LogP contribution in [0.2, 0.25) is 0 Å². The van der Waals surface area contributed by atoms with Crippen molar-refractivity contribution in [2.45, 2.75) is 33.2 Å². The van der Waals surface area contributed by atoms with E-state index in [4.69, 9.17) is 14.2 Å². The van der Waals surface area contributed by atoms with Gasteiger partial charge in [0.1, 0.15) is 6.61 Å². The molecule has 0 heterocycles. The van der Waals surface area contributed by atoms with Crippen molar-refractivity contribution in [2.24, 2.45) is 0 Å². The van der Waals surface area contributed by atoms with Gasteiger partial charge in [-0.1, -0.05) is 0 Å². The van der Waals surface area contributed by atoms with Crippen LogP contribution < -0.4 is 0 Å². The lowest BCUT2D eigenvalue weighted by Crippen LogP contribution is -2.29. The van der Waals surface area contributed by atoms with Crippen LogP contribution in [0.1, 0.15) is 20.8 Å². The fraction of sp³-hybridized carbons (Fsp3) is 0.800. The number of hydrogen-bond acceptors (Lipinski definition) is 6. The Morgan fingerprint density at radius 2 is 1.81 bits per heavy atom. The van der Waals surface area contributed by atoms with Crippen LogP contribution in [0, 0.1) is 0 Å². The van der Waals surface area contributed by atoms with Gasteiger partial charge in [0.25, 0.3) is 0 Å². The van der Waals surface area contributed by atoms with Gasteiger partial charge in [-0.25, -0.2) is 9.59 Å². The van der Waals surface area contributed by atoms with Gasteiger partial charge in [-0.2, -0.15) is 0 Å². The van der Waals surface area contributed by atoms with Gasteiger partial charge in [-0.05, 0) is 20.8 Å². The summed E-state index contributed by atoms with van der Waals surface area (Å²) in [7, 11) is 0. The topological polar surface area (TPSA) is 71.1 Å². The molecule has 0 bridgehead atoms. The highest BCUT2D eigenvalue weighted by molar-refractivity contribution is 5.75. The summed E-state index contributed by atoms with van der Waals surface area (Å²) >= 11 is 0. The summed E-state index contributed by atoms with van der Waals surface area (Å²) in [4.78, 5) is 21.1. The van der Waals surface area contributed by atoms with Crippen LogP contribution in [0.4, 0.5) is 0 Å². The fourth-order valence-corrected chi connectivity index (χ4v) is 0.904. The minimum atomic E-state index is -0.971. The first kappa shape index (κ1) is 14.9. The number of carbonyl (C=O) groups is 1. The fourth-order valence-electron chi connectivity index (χ4n) is 0.904. The summed E-state index contributed by atoms with van der Waals surface area (Å²) in [6.45, 7) is 7.05. The van der Waals surface area contributed by atoms with E-state index < -0.39 is 18.4 Å². The van der Waals surface area contributed by atoms with Crippen molar-refractivity contribution in [1.82, 2.24) is 0 Å². The van der Waals surface area contributed by atoms with Gasteiger partial charge in [0.2, 0.25) is 0 Å². The molecule has 1 radical (unpaired) electrons. The number of carbonyl (C=O) groups excluding carboxylic acids is 2. The van der Waals surface area contributed by atoms with E-state index in [9.17, 15) is 9.59 Å². The monoisotopic (exact) mass is 233 g/mol. The maximum atomic E-state index is 11.2. The van der Waals surface area contributed by atoms with E-state index in [1.807, 2.05) is 0 Å². The minimum Gasteiger partial charge on any atom is -0.458 e.